The lowest BCUT2D eigenvalue weighted by molar-refractivity contribution is 1.21. The second-order valence-electron chi connectivity index (χ2n) is 27.2. The summed E-state index contributed by atoms with van der Waals surface area (Å²) in [5, 5.41) is 1.54. The van der Waals surface area contributed by atoms with Crippen molar-refractivity contribution in [1.82, 2.24) is 34.9 Å². The van der Waals surface area contributed by atoms with Gasteiger partial charge in [-0.2, -0.15) is 0 Å². The number of hydrogen-bond acceptors (Lipinski definition) is 7. The molecule has 7 nitrogen and oxygen atoms in total. The van der Waals surface area contributed by atoms with Crippen LogP contribution >= 0.6 is 0 Å². The maximum absolute atomic E-state index is 4.44. The Bertz CT molecular complexity index is 4850. The molecule has 0 unspecified atom stereocenters. The molecule has 16 rings (SSSR count). The van der Waals surface area contributed by atoms with E-state index in [4.69, 9.17) is 0 Å². The number of aryl methyl sites for hydroxylation is 8. The van der Waals surface area contributed by atoms with E-state index in [1.807, 2.05) is 178 Å². The summed E-state index contributed by atoms with van der Waals surface area (Å²) in [6.07, 6.45) is 16.6. The lowest BCUT2D eigenvalue weighted by atomic mass is 10.0. The summed E-state index contributed by atoms with van der Waals surface area (Å²) >= 11 is 0. The minimum Gasteiger partial charge on any atom is -0.264 e. The molecule has 7 aromatic heterocycles. The highest BCUT2D eigenvalue weighted by molar-refractivity contribution is 6.88. The summed E-state index contributed by atoms with van der Waals surface area (Å²) in [7, 11) is -1.23. The monoisotopic (exact) mass is 1420 g/mol. The molecule has 108 heavy (non-hydrogen) atoms. The van der Waals surface area contributed by atoms with Gasteiger partial charge in [0.15, 0.2) is 0 Å². The number of aromatic nitrogens is 7. The number of hydrogen-bond donors (Lipinski definition) is 0. The summed E-state index contributed by atoms with van der Waals surface area (Å²) < 4.78 is 0. The van der Waals surface area contributed by atoms with Gasteiger partial charge in [0.2, 0.25) is 0 Å². The molecule has 8 heteroatoms. The fourth-order valence-electron chi connectivity index (χ4n) is 11.2. The smallest absolute Gasteiger partial charge is 0.0776 e. The van der Waals surface area contributed by atoms with Crippen LogP contribution < -0.4 is 5.19 Å². The molecule has 0 saturated heterocycles. The Hall–Kier alpha value is -12.8. The Labute approximate surface area is 642 Å². The molecule has 0 N–H and O–H groups in total. The second-order valence-corrected chi connectivity index (χ2v) is 32.3. The van der Waals surface area contributed by atoms with Crippen LogP contribution in [-0.4, -0.2) is 43.0 Å². The molecule has 0 atom stereocenters. The SMILES string of the molecule is Cc1cc(-c2ccccc2)cc([Si](C)(C)C)c1.Cc1ccc(-c2ccccc2)nc1.Cc1ccc(-c2cccnc2)cc1.Cc1ccc(-c2cccnc2)cc1.Cc1cccc(-c2ccccc2)n1.Cc1ccccc1-c1cccnc1.Cc1cccnc1-c1ccccc1.Cc1ccnc(-c2ccccc2)c1. The average Bonchev–Trinajstić information content (AvgIpc) is 0.819. The first-order chi connectivity index (χ1) is 52.5. The van der Waals surface area contributed by atoms with Gasteiger partial charge in [0.1, 0.15) is 0 Å². The first kappa shape index (κ1) is 79.4. The van der Waals surface area contributed by atoms with Gasteiger partial charge in [-0.3, -0.25) is 34.9 Å². The zero-order valence-corrected chi connectivity index (χ0v) is 65.1. The molecule has 0 bridgehead atoms. The zero-order chi connectivity index (χ0) is 76.1. The normalized spacial score (nSPS) is 10.2. The van der Waals surface area contributed by atoms with Crippen LogP contribution in [-0.2, 0) is 0 Å². The van der Waals surface area contributed by atoms with Crippen molar-refractivity contribution >= 4 is 13.3 Å². The number of rotatable bonds is 9. The highest BCUT2D eigenvalue weighted by atomic mass is 28.3. The van der Waals surface area contributed by atoms with Gasteiger partial charge >= 0.3 is 0 Å². The Morgan fingerprint density at radius 2 is 0.657 bits per heavy atom. The third kappa shape index (κ3) is 26.4. The largest absolute Gasteiger partial charge is 0.264 e. The van der Waals surface area contributed by atoms with Crippen molar-refractivity contribution in [3.05, 3.63) is 434 Å². The molecule has 536 valence electrons. The molecule has 0 amide bonds. The number of nitrogens with zero attached hydrogens (tertiary/aromatic N) is 7. The Kier molecular flexibility index (Phi) is 31.1. The van der Waals surface area contributed by atoms with Crippen molar-refractivity contribution in [2.24, 2.45) is 0 Å². The van der Waals surface area contributed by atoms with E-state index in [1.54, 1.807) is 18.6 Å². The van der Waals surface area contributed by atoms with Crippen molar-refractivity contribution in [3.8, 4) is 89.5 Å². The molecule has 7 heterocycles. The predicted molar refractivity (Wildman–Crippen MR) is 460 cm³/mol. The van der Waals surface area contributed by atoms with Crippen LogP contribution in [0.4, 0.5) is 0 Å². The van der Waals surface area contributed by atoms with Gasteiger partial charge in [-0.05, 0) is 171 Å². The van der Waals surface area contributed by atoms with Crippen LogP contribution in [0.1, 0.15) is 44.6 Å². The van der Waals surface area contributed by atoms with E-state index in [2.05, 4.69) is 302 Å². The fraction of sp³-hybridized carbons (Fsp3) is 0.110. The maximum Gasteiger partial charge on any atom is 0.0776 e. The van der Waals surface area contributed by atoms with Crippen LogP contribution in [0.5, 0.6) is 0 Å². The maximum atomic E-state index is 4.44. The summed E-state index contributed by atoms with van der Waals surface area (Å²) in [6.45, 7) is 23.9. The number of pyridine rings is 7. The number of benzene rings is 9. The van der Waals surface area contributed by atoms with Gasteiger partial charge < -0.3 is 0 Å². The molecular formula is C100H97N7Si. The van der Waals surface area contributed by atoms with E-state index >= 15 is 0 Å². The van der Waals surface area contributed by atoms with Crippen molar-refractivity contribution in [2.45, 2.75) is 75.0 Å². The third-order valence-electron chi connectivity index (χ3n) is 17.2. The third-order valence-corrected chi connectivity index (χ3v) is 19.3. The van der Waals surface area contributed by atoms with Crippen molar-refractivity contribution in [1.29, 1.82) is 0 Å². The van der Waals surface area contributed by atoms with Gasteiger partial charge in [-0.1, -0.05) is 321 Å². The Balaban J connectivity index is 0.000000143. The van der Waals surface area contributed by atoms with E-state index in [0.717, 1.165) is 28.5 Å². The molecule has 0 saturated carbocycles. The first-order valence-corrected chi connectivity index (χ1v) is 40.0. The summed E-state index contributed by atoms with van der Waals surface area (Å²) in [6, 6.07) is 114. The lowest BCUT2D eigenvalue weighted by Crippen LogP contribution is -2.37. The van der Waals surface area contributed by atoms with E-state index < -0.39 is 8.07 Å². The first-order valence-electron chi connectivity index (χ1n) is 36.5. The van der Waals surface area contributed by atoms with E-state index in [0.29, 0.717) is 0 Å². The van der Waals surface area contributed by atoms with Crippen LogP contribution in [0.25, 0.3) is 89.5 Å². The van der Waals surface area contributed by atoms with Gasteiger partial charge in [0, 0.05) is 89.3 Å². The van der Waals surface area contributed by atoms with Crippen LogP contribution in [0.15, 0.2) is 389 Å². The molecule has 16 aromatic rings. The topological polar surface area (TPSA) is 90.2 Å². The van der Waals surface area contributed by atoms with Gasteiger partial charge in [0.05, 0.1) is 30.8 Å². The minimum absolute atomic E-state index is 1.03. The molecule has 9 aromatic carbocycles. The molecular weight excluding hydrogens is 1330 g/mol. The Morgan fingerprint density at radius 3 is 1.12 bits per heavy atom. The molecule has 0 aliphatic heterocycles. The average molecular weight is 1430 g/mol. The zero-order valence-electron chi connectivity index (χ0n) is 64.1. The van der Waals surface area contributed by atoms with Crippen molar-refractivity contribution in [2.75, 3.05) is 0 Å². The van der Waals surface area contributed by atoms with E-state index in [1.165, 1.54) is 111 Å². The fourth-order valence-corrected chi connectivity index (χ4v) is 12.5. The van der Waals surface area contributed by atoms with Gasteiger partial charge in [0.25, 0.3) is 0 Å². The lowest BCUT2D eigenvalue weighted by Gasteiger charge is -2.18. The molecule has 0 aliphatic carbocycles. The molecule has 0 aliphatic rings. The second kappa shape index (κ2) is 42.3. The van der Waals surface area contributed by atoms with E-state index in [-0.39, 0.29) is 0 Å². The predicted octanol–water partition coefficient (Wildman–Crippen LogP) is 25.6. The highest BCUT2D eigenvalue weighted by Gasteiger charge is 2.17. The van der Waals surface area contributed by atoms with Crippen LogP contribution in [0.2, 0.25) is 19.6 Å². The standard InChI is InChI=1S/C16H20Si.7C12H11N/c1-13-10-15(14-8-6-5-7-9-14)12-16(11-13)17(2,3)4;2*1-10-4-6-11(7-5-10)12-3-2-8-13-9-12;1-10-5-2-3-7-12(10)11-6-4-8-13-9-11;1-10-6-5-9-13-12(10)11-7-3-2-4-8-11;1-10-6-5-9-12(13-10)11-7-3-2-4-8-11;1-10-7-8-13-12(9-10)11-5-3-2-4-6-11;1-10-7-8-12(13-9-10)11-5-3-2-4-6-11/h5-12H,1-4H3;7*2-9H,1H3. The van der Waals surface area contributed by atoms with E-state index in [9.17, 15) is 0 Å². The van der Waals surface area contributed by atoms with Crippen molar-refractivity contribution in [3.63, 3.8) is 0 Å². The Morgan fingerprint density at radius 1 is 0.222 bits per heavy atom. The minimum atomic E-state index is -1.23. The van der Waals surface area contributed by atoms with Crippen LogP contribution in [0, 0.1) is 55.4 Å². The van der Waals surface area contributed by atoms with Gasteiger partial charge in [-0.25, -0.2) is 0 Å². The summed E-state index contributed by atoms with van der Waals surface area (Å²) in [5.41, 5.74) is 28.7. The summed E-state index contributed by atoms with van der Waals surface area (Å²) in [4.78, 5) is 29.7. The van der Waals surface area contributed by atoms with Crippen LogP contribution in [0.3, 0.4) is 0 Å². The molecule has 0 radical (unpaired) electrons. The highest BCUT2D eigenvalue weighted by Crippen LogP contribution is 2.26. The molecule has 0 fully saturated rings. The molecule has 0 spiro atoms. The quantitative estimate of drug-likeness (QED) is 0.133. The summed E-state index contributed by atoms with van der Waals surface area (Å²) in [5.74, 6) is 0. The van der Waals surface area contributed by atoms with Crippen molar-refractivity contribution < 1.29 is 0 Å². The van der Waals surface area contributed by atoms with Gasteiger partial charge in [-0.15, -0.1) is 0 Å².